The topological polar surface area (TPSA) is 55.8 Å². The summed E-state index contributed by atoms with van der Waals surface area (Å²) in [4.78, 5) is 11.0. The maximum absolute atomic E-state index is 11.0. The first-order valence-electron chi connectivity index (χ1n) is 4.26. The van der Waals surface area contributed by atoms with Crippen LogP contribution in [0, 0.1) is 5.41 Å². The minimum absolute atomic E-state index is 0.353. The molecule has 0 heterocycles. The van der Waals surface area contributed by atoms with E-state index in [2.05, 4.69) is 0 Å². The lowest BCUT2D eigenvalue weighted by molar-refractivity contribution is -0.145. The Bertz CT molecular complexity index is 303. The predicted molar refractivity (Wildman–Crippen MR) is 50.5 cm³/mol. The van der Waals surface area contributed by atoms with Gasteiger partial charge in [-0.1, -0.05) is 0 Å². The van der Waals surface area contributed by atoms with Gasteiger partial charge < -0.3 is 14.6 Å². The van der Waals surface area contributed by atoms with Crippen LogP contribution in [0.1, 0.15) is 13.3 Å². The molecule has 1 unspecified atom stereocenters. The molecule has 0 radical (unpaired) electrons. The van der Waals surface area contributed by atoms with E-state index in [1.165, 1.54) is 14.2 Å². The van der Waals surface area contributed by atoms with E-state index in [4.69, 9.17) is 14.6 Å². The summed E-state index contributed by atoms with van der Waals surface area (Å²) in [6, 6.07) is 0. The van der Waals surface area contributed by atoms with E-state index in [1.807, 2.05) is 0 Å². The molecule has 1 atom stereocenters. The molecular weight excluding hydrogens is 184 g/mol. The zero-order valence-corrected chi connectivity index (χ0v) is 8.53. The monoisotopic (exact) mass is 198 g/mol. The second kappa shape index (κ2) is 3.74. The Labute approximate surface area is 82.8 Å². The SMILES string of the molecule is COC1=CC(C)(C(=O)O)CC(OC)=C1. The highest BCUT2D eigenvalue weighted by molar-refractivity contribution is 5.77. The fraction of sp³-hybridized carbons (Fsp3) is 0.500. The maximum atomic E-state index is 11.0. The van der Waals surface area contributed by atoms with Crippen LogP contribution in [0.15, 0.2) is 23.7 Å². The number of allylic oxidation sites excluding steroid dienone is 2. The van der Waals surface area contributed by atoms with E-state index in [1.54, 1.807) is 19.1 Å². The van der Waals surface area contributed by atoms with Gasteiger partial charge in [0.05, 0.1) is 19.6 Å². The van der Waals surface area contributed by atoms with Gasteiger partial charge in [-0.3, -0.25) is 4.79 Å². The quantitative estimate of drug-likeness (QED) is 0.747. The molecule has 0 bridgehead atoms. The standard InChI is InChI=1S/C10H14O4/c1-10(9(11)12)5-7(13-2)4-8(6-10)14-3/h4-5H,6H2,1-3H3,(H,11,12). The number of aliphatic carboxylic acids is 1. The lowest BCUT2D eigenvalue weighted by Crippen LogP contribution is -2.28. The molecule has 0 aromatic rings. The van der Waals surface area contributed by atoms with E-state index in [0.717, 1.165) is 0 Å². The highest BCUT2D eigenvalue weighted by Crippen LogP contribution is 2.34. The first kappa shape index (κ1) is 10.6. The third-order valence-corrected chi connectivity index (χ3v) is 2.29. The van der Waals surface area contributed by atoms with Crippen LogP contribution < -0.4 is 0 Å². The van der Waals surface area contributed by atoms with Crippen LogP contribution in [0.2, 0.25) is 0 Å². The van der Waals surface area contributed by atoms with Crippen molar-refractivity contribution in [1.82, 2.24) is 0 Å². The van der Waals surface area contributed by atoms with Crippen molar-refractivity contribution in [2.75, 3.05) is 14.2 Å². The van der Waals surface area contributed by atoms with E-state index < -0.39 is 11.4 Å². The molecule has 0 fully saturated rings. The van der Waals surface area contributed by atoms with Crippen LogP contribution in [0.5, 0.6) is 0 Å². The number of carboxylic acids is 1. The van der Waals surface area contributed by atoms with Gasteiger partial charge in [0.15, 0.2) is 0 Å². The molecule has 1 aliphatic carbocycles. The first-order valence-corrected chi connectivity index (χ1v) is 4.26. The Hall–Kier alpha value is -1.45. The normalized spacial score (nSPS) is 26.2. The summed E-state index contributed by atoms with van der Waals surface area (Å²) in [6.07, 6.45) is 3.65. The number of hydrogen-bond acceptors (Lipinski definition) is 3. The number of rotatable bonds is 3. The molecule has 0 aliphatic heterocycles. The summed E-state index contributed by atoms with van der Waals surface area (Å²) in [6.45, 7) is 1.64. The molecule has 78 valence electrons. The van der Waals surface area contributed by atoms with Gasteiger partial charge in [0.1, 0.15) is 11.5 Å². The molecule has 0 aromatic carbocycles. The molecule has 0 saturated carbocycles. The molecule has 4 nitrogen and oxygen atoms in total. The van der Waals surface area contributed by atoms with Crippen molar-refractivity contribution >= 4 is 5.97 Å². The zero-order chi connectivity index (χ0) is 10.8. The fourth-order valence-electron chi connectivity index (χ4n) is 1.36. The molecule has 4 heteroatoms. The van der Waals surface area contributed by atoms with Crippen LogP contribution in [-0.4, -0.2) is 25.3 Å². The van der Waals surface area contributed by atoms with Crippen LogP contribution >= 0.6 is 0 Å². The number of carboxylic acid groups (broad SMARTS) is 1. The van der Waals surface area contributed by atoms with Crippen LogP contribution in [-0.2, 0) is 14.3 Å². The molecule has 0 aromatic heterocycles. The van der Waals surface area contributed by atoms with Crippen molar-refractivity contribution in [2.24, 2.45) is 5.41 Å². The van der Waals surface area contributed by atoms with Crippen molar-refractivity contribution in [1.29, 1.82) is 0 Å². The molecule has 1 rings (SSSR count). The van der Waals surface area contributed by atoms with Crippen LogP contribution in [0.3, 0.4) is 0 Å². The number of carbonyl (C=O) groups is 1. The number of ether oxygens (including phenoxy) is 2. The third kappa shape index (κ3) is 1.89. The Morgan fingerprint density at radius 1 is 1.50 bits per heavy atom. The average Bonchev–Trinajstić information content (AvgIpc) is 2.16. The van der Waals surface area contributed by atoms with Gasteiger partial charge in [-0.15, -0.1) is 0 Å². The minimum Gasteiger partial charge on any atom is -0.501 e. The maximum Gasteiger partial charge on any atom is 0.313 e. The third-order valence-electron chi connectivity index (χ3n) is 2.29. The summed E-state index contributed by atoms with van der Waals surface area (Å²) < 4.78 is 10.1. The highest BCUT2D eigenvalue weighted by Gasteiger charge is 2.35. The van der Waals surface area contributed by atoms with Crippen molar-refractivity contribution < 1.29 is 19.4 Å². The molecule has 1 aliphatic rings. The van der Waals surface area contributed by atoms with Gasteiger partial charge in [0.25, 0.3) is 0 Å². The summed E-state index contributed by atoms with van der Waals surface area (Å²) in [5.74, 6) is 0.266. The molecule has 14 heavy (non-hydrogen) atoms. The minimum atomic E-state index is -0.939. The first-order chi connectivity index (χ1) is 6.51. The van der Waals surface area contributed by atoms with Gasteiger partial charge in [0, 0.05) is 12.5 Å². The van der Waals surface area contributed by atoms with E-state index in [9.17, 15) is 4.79 Å². The number of methoxy groups -OCH3 is 2. The summed E-state index contributed by atoms with van der Waals surface area (Å²) in [7, 11) is 3.02. The lowest BCUT2D eigenvalue weighted by Gasteiger charge is -2.26. The van der Waals surface area contributed by atoms with Crippen LogP contribution in [0.25, 0.3) is 0 Å². The van der Waals surface area contributed by atoms with Crippen LogP contribution in [0.4, 0.5) is 0 Å². The second-order valence-electron chi connectivity index (χ2n) is 3.47. The Morgan fingerprint density at radius 2 is 2.14 bits per heavy atom. The van der Waals surface area contributed by atoms with E-state index in [0.29, 0.717) is 17.9 Å². The van der Waals surface area contributed by atoms with Crippen molar-refractivity contribution in [3.63, 3.8) is 0 Å². The summed E-state index contributed by atoms with van der Waals surface area (Å²) in [5, 5.41) is 9.04. The van der Waals surface area contributed by atoms with E-state index >= 15 is 0 Å². The van der Waals surface area contributed by atoms with Gasteiger partial charge in [-0.05, 0) is 13.0 Å². The molecule has 0 saturated heterocycles. The predicted octanol–water partition coefficient (Wildman–Crippen LogP) is 1.54. The lowest BCUT2D eigenvalue weighted by atomic mass is 9.82. The van der Waals surface area contributed by atoms with Gasteiger partial charge in [-0.2, -0.15) is 0 Å². The smallest absolute Gasteiger partial charge is 0.313 e. The molecule has 0 spiro atoms. The van der Waals surface area contributed by atoms with E-state index in [-0.39, 0.29) is 0 Å². The second-order valence-corrected chi connectivity index (χ2v) is 3.47. The Morgan fingerprint density at radius 3 is 2.57 bits per heavy atom. The highest BCUT2D eigenvalue weighted by atomic mass is 16.5. The van der Waals surface area contributed by atoms with Crippen molar-refractivity contribution in [3.05, 3.63) is 23.7 Å². The van der Waals surface area contributed by atoms with Gasteiger partial charge in [0.2, 0.25) is 0 Å². The fourth-order valence-corrected chi connectivity index (χ4v) is 1.36. The van der Waals surface area contributed by atoms with Gasteiger partial charge >= 0.3 is 5.97 Å². The molecule has 0 amide bonds. The summed E-state index contributed by atoms with van der Waals surface area (Å²) in [5.41, 5.74) is -0.939. The summed E-state index contributed by atoms with van der Waals surface area (Å²) >= 11 is 0. The Kier molecular flexibility index (Phi) is 2.84. The average molecular weight is 198 g/mol. The zero-order valence-electron chi connectivity index (χ0n) is 8.53. The Balaban J connectivity index is 3.01. The largest absolute Gasteiger partial charge is 0.501 e. The molecular formula is C10H14O4. The van der Waals surface area contributed by atoms with Crippen molar-refractivity contribution in [3.8, 4) is 0 Å². The van der Waals surface area contributed by atoms with Crippen molar-refractivity contribution in [2.45, 2.75) is 13.3 Å². The van der Waals surface area contributed by atoms with Gasteiger partial charge in [-0.25, -0.2) is 0 Å². The number of hydrogen-bond donors (Lipinski definition) is 1. The molecule has 1 N–H and O–H groups in total.